The molecular weight excluding hydrogens is 320 g/mol. The molecule has 0 spiro atoms. The van der Waals surface area contributed by atoms with Gasteiger partial charge < -0.3 is 15.3 Å². The van der Waals surface area contributed by atoms with Crippen molar-refractivity contribution in [2.45, 2.75) is 89.8 Å². The van der Waals surface area contributed by atoms with Gasteiger partial charge in [-0.05, 0) is 19.3 Å². The van der Waals surface area contributed by atoms with Gasteiger partial charge in [-0.15, -0.1) is 0 Å². The molecule has 5 nitrogen and oxygen atoms in total. The number of aliphatic carboxylic acids is 1. The number of hydrogen-bond donors (Lipinski definition) is 3. The van der Waals surface area contributed by atoms with Crippen molar-refractivity contribution in [3.63, 3.8) is 0 Å². The van der Waals surface area contributed by atoms with Crippen LogP contribution in [0.2, 0.25) is 0 Å². The number of carbonyl (C=O) groups is 2. The van der Waals surface area contributed by atoms with Crippen molar-refractivity contribution in [3.05, 3.63) is 12.2 Å². The Labute approximate surface area is 151 Å². The van der Waals surface area contributed by atoms with E-state index in [-0.39, 0.29) is 30.5 Å². The third-order valence-electron chi connectivity index (χ3n) is 5.05. The standard InChI is InChI=1S/C20H34O5/c1-2-3-6-9-15(21)12-13-17-16(18(22)14-19(17)23)10-7-4-5-8-11-20(24)25/h12-13,15-17,19,21,23H,2-11,14H2,1H3,(H,24,25)/b13-12-/t15-,16+,17+,19-/m0/s1. The maximum absolute atomic E-state index is 12.1. The molecule has 3 N–H and O–H groups in total. The lowest BCUT2D eigenvalue weighted by Gasteiger charge is -2.18. The Hall–Kier alpha value is -1.20. The largest absolute Gasteiger partial charge is 0.481 e. The third-order valence-corrected chi connectivity index (χ3v) is 5.05. The van der Waals surface area contributed by atoms with Crippen LogP contribution in [0.1, 0.15) is 77.6 Å². The molecule has 0 aromatic carbocycles. The molecule has 1 rings (SSSR count). The second kappa shape index (κ2) is 12.2. The van der Waals surface area contributed by atoms with Gasteiger partial charge in [0, 0.05) is 24.7 Å². The van der Waals surface area contributed by atoms with Crippen LogP contribution in [0.5, 0.6) is 0 Å². The Morgan fingerprint density at radius 1 is 1.20 bits per heavy atom. The van der Waals surface area contributed by atoms with E-state index in [4.69, 9.17) is 5.11 Å². The molecule has 0 unspecified atom stereocenters. The second-order valence-electron chi connectivity index (χ2n) is 7.22. The Bertz CT molecular complexity index is 432. The summed E-state index contributed by atoms with van der Waals surface area (Å²) in [6, 6.07) is 0. The lowest BCUT2D eigenvalue weighted by atomic mass is 9.88. The smallest absolute Gasteiger partial charge is 0.303 e. The SMILES string of the molecule is CCCCC[C@H](O)/C=C\[C@H]1[C@@H](O)CC(=O)[C@@H]1CCCCCCC(=O)O. The van der Waals surface area contributed by atoms with Gasteiger partial charge in [-0.3, -0.25) is 9.59 Å². The molecule has 1 saturated carbocycles. The summed E-state index contributed by atoms with van der Waals surface area (Å²) in [6.45, 7) is 2.12. The van der Waals surface area contributed by atoms with E-state index in [0.29, 0.717) is 6.42 Å². The summed E-state index contributed by atoms with van der Waals surface area (Å²) in [5, 5.41) is 28.7. The minimum atomic E-state index is -0.767. The summed E-state index contributed by atoms with van der Waals surface area (Å²) < 4.78 is 0. The number of carbonyl (C=O) groups excluding carboxylic acids is 1. The number of ketones is 1. The molecule has 5 heteroatoms. The van der Waals surface area contributed by atoms with Crippen LogP contribution in [-0.4, -0.2) is 39.3 Å². The van der Waals surface area contributed by atoms with Gasteiger partial charge in [0.05, 0.1) is 12.2 Å². The van der Waals surface area contributed by atoms with E-state index in [0.717, 1.165) is 51.4 Å². The number of aliphatic hydroxyl groups is 2. The molecule has 0 amide bonds. The van der Waals surface area contributed by atoms with Crippen LogP contribution in [0.15, 0.2) is 12.2 Å². The van der Waals surface area contributed by atoms with Crippen LogP contribution < -0.4 is 0 Å². The van der Waals surface area contributed by atoms with E-state index < -0.39 is 18.2 Å². The fourth-order valence-electron chi connectivity index (χ4n) is 3.54. The van der Waals surface area contributed by atoms with Crippen molar-refractivity contribution in [2.24, 2.45) is 11.8 Å². The average Bonchev–Trinajstić information content (AvgIpc) is 2.82. The van der Waals surface area contributed by atoms with E-state index in [1.807, 2.05) is 6.08 Å². The maximum atomic E-state index is 12.1. The predicted octanol–water partition coefficient (Wildman–Crippen LogP) is 3.48. The van der Waals surface area contributed by atoms with Gasteiger partial charge in [0.2, 0.25) is 0 Å². The number of aliphatic hydroxyl groups excluding tert-OH is 2. The van der Waals surface area contributed by atoms with Crippen molar-refractivity contribution >= 4 is 11.8 Å². The van der Waals surface area contributed by atoms with Gasteiger partial charge in [-0.1, -0.05) is 57.6 Å². The minimum absolute atomic E-state index is 0.105. The van der Waals surface area contributed by atoms with Crippen molar-refractivity contribution < 1.29 is 24.9 Å². The topological polar surface area (TPSA) is 94.8 Å². The van der Waals surface area contributed by atoms with Gasteiger partial charge >= 0.3 is 5.97 Å². The summed E-state index contributed by atoms with van der Waals surface area (Å²) in [7, 11) is 0. The highest BCUT2D eigenvalue weighted by molar-refractivity contribution is 5.84. The van der Waals surface area contributed by atoms with Gasteiger partial charge in [0.1, 0.15) is 5.78 Å². The molecule has 144 valence electrons. The number of rotatable bonds is 13. The highest BCUT2D eigenvalue weighted by Gasteiger charge is 2.39. The van der Waals surface area contributed by atoms with E-state index in [1.54, 1.807) is 6.08 Å². The first kappa shape index (κ1) is 21.8. The lowest BCUT2D eigenvalue weighted by molar-refractivity contribution is -0.137. The number of carboxylic acids is 1. The molecule has 25 heavy (non-hydrogen) atoms. The second-order valence-corrected chi connectivity index (χ2v) is 7.22. The average molecular weight is 354 g/mol. The van der Waals surface area contributed by atoms with Crippen LogP contribution in [0.25, 0.3) is 0 Å². The zero-order valence-electron chi connectivity index (χ0n) is 15.4. The fraction of sp³-hybridized carbons (Fsp3) is 0.800. The zero-order chi connectivity index (χ0) is 18.7. The molecule has 1 fully saturated rings. The Morgan fingerprint density at radius 2 is 1.92 bits per heavy atom. The van der Waals surface area contributed by atoms with Gasteiger partial charge in [0.15, 0.2) is 0 Å². The van der Waals surface area contributed by atoms with Crippen LogP contribution in [-0.2, 0) is 9.59 Å². The molecule has 1 aliphatic rings. The summed E-state index contributed by atoms with van der Waals surface area (Å²) in [5.74, 6) is -1.04. The number of Topliss-reactive ketones (excluding diaryl/α,β-unsaturated/α-hetero) is 1. The van der Waals surface area contributed by atoms with Gasteiger partial charge in [0.25, 0.3) is 0 Å². The normalized spacial score (nSPS) is 24.9. The van der Waals surface area contributed by atoms with Crippen LogP contribution in [0.4, 0.5) is 0 Å². The lowest BCUT2D eigenvalue weighted by Crippen LogP contribution is -2.19. The van der Waals surface area contributed by atoms with E-state index in [1.165, 1.54) is 0 Å². The Kier molecular flexibility index (Phi) is 10.7. The van der Waals surface area contributed by atoms with Crippen molar-refractivity contribution in [1.29, 1.82) is 0 Å². The molecule has 0 saturated heterocycles. The first-order valence-corrected chi connectivity index (χ1v) is 9.74. The zero-order valence-corrected chi connectivity index (χ0v) is 15.4. The molecule has 0 heterocycles. The van der Waals surface area contributed by atoms with E-state index >= 15 is 0 Å². The highest BCUT2D eigenvalue weighted by atomic mass is 16.4. The minimum Gasteiger partial charge on any atom is -0.481 e. The quantitative estimate of drug-likeness (QED) is 0.348. The molecule has 1 aliphatic carbocycles. The Morgan fingerprint density at radius 3 is 2.60 bits per heavy atom. The number of unbranched alkanes of at least 4 members (excludes halogenated alkanes) is 5. The predicted molar refractivity (Wildman–Crippen MR) is 97.2 cm³/mol. The third kappa shape index (κ3) is 8.63. The highest BCUT2D eigenvalue weighted by Crippen LogP contribution is 2.34. The summed E-state index contributed by atoms with van der Waals surface area (Å²) in [4.78, 5) is 22.6. The molecule has 0 aromatic rings. The van der Waals surface area contributed by atoms with Gasteiger partial charge in [-0.25, -0.2) is 0 Å². The summed E-state index contributed by atoms with van der Waals surface area (Å²) >= 11 is 0. The summed E-state index contributed by atoms with van der Waals surface area (Å²) in [5.41, 5.74) is 0. The van der Waals surface area contributed by atoms with Gasteiger partial charge in [-0.2, -0.15) is 0 Å². The van der Waals surface area contributed by atoms with Crippen molar-refractivity contribution in [2.75, 3.05) is 0 Å². The first-order chi connectivity index (χ1) is 12.0. The molecule has 0 radical (unpaired) electrons. The molecule has 0 aliphatic heterocycles. The van der Waals surface area contributed by atoms with Crippen LogP contribution in [0, 0.1) is 11.8 Å². The van der Waals surface area contributed by atoms with Crippen molar-refractivity contribution in [1.82, 2.24) is 0 Å². The molecule has 0 aromatic heterocycles. The van der Waals surface area contributed by atoms with E-state index in [9.17, 15) is 19.8 Å². The molecule has 0 bridgehead atoms. The fourth-order valence-corrected chi connectivity index (χ4v) is 3.54. The van der Waals surface area contributed by atoms with Crippen molar-refractivity contribution in [3.8, 4) is 0 Å². The van der Waals surface area contributed by atoms with Crippen LogP contribution >= 0.6 is 0 Å². The monoisotopic (exact) mass is 354 g/mol. The molecular formula is C20H34O5. The maximum Gasteiger partial charge on any atom is 0.303 e. The first-order valence-electron chi connectivity index (χ1n) is 9.74. The van der Waals surface area contributed by atoms with Crippen LogP contribution in [0.3, 0.4) is 0 Å². The van der Waals surface area contributed by atoms with E-state index in [2.05, 4.69) is 6.92 Å². The Balaban J connectivity index is 2.39. The number of carboxylic acid groups (broad SMARTS) is 1. The number of hydrogen-bond acceptors (Lipinski definition) is 4. The molecule has 4 atom stereocenters. The summed E-state index contributed by atoms with van der Waals surface area (Å²) in [6.07, 6.45) is 10.7.